The van der Waals surface area contributed by atoms with Crippen LogP contribution < -0.4 is 10.6 Å². The molecule has 1 saturated heterocycles. The van der Waals surface area contributed by atoms with E-state index in [4.69, 9.17) is 13.9 Å². The van der Waals surface area contributed by atoms with Crippen molar-refractivity contribution in [1.29, 1.82) is 0 Å². The van der Waals surface area contributed by atoms with E-state index >= 15 is 0 Å². The molecule has 1 unspecified atom stereocenters. The molecule has 27 heavy (non-hydrogen) atoms. The summed E-state index contributed by atoms with van der Waals surface area (Å²) in [7, 11) is 1.75. The topological polar surface area (TPSA) is 80.9 Å². The van der Waals surface area contributed by atoms with Gasteiger partial charge >= 0.3 is 0 Å². The molecule has 7 heteroatoms. The maximum absolute atomic E-state index is 5.66. The van der Waals surface area contributed by atoms with E-state index in [9.17, 15) is 0 Å². The average molecular weight is 372 g/mol. The van der Waals surface area contributed by atoms with Crippen LogP contribution in [0.1, 0.15) is 25.0 Å². The van der Waals surface area contributed by atoms with Crippen molar-refractivity contribution in [2.24, 2.45) is 4.99 Å². The Kier molecular flexibility index (Phi) is 7.68. The van der Waals surface area contributed by atoms with Crippen LogP contribution >= 0.6 is 0 Å². The highest BCUT2D eigenvalue weighted by atomic mass is 16.5. The Hall–Kier alpha value is -2.38. The zero-order chi connectivity index (χ0) is 18.7. The monoisotopic (exact) mass is 372 g/mol. The van der Waals surface area contributed by atoms with Gasteiger partial charge in [0.05, 0.1) is 24.9 Å². The minimum atomic E-state index is 0.288. The van der Waals surface area contributed by atoms with Crippen LogP contribution in [0, 0.1) is 0 Å². The molecule has 7 nitrogen and oxygen atoms in total. The quantitative estimate of drug-likeness (QED) is 0.400. The fourth-order valence-electron chi connectivity index (χ4n) is 2.87. The standard InChI is InChI=1S/C20H28N4O3/c1-21-20(22-10-6-11-25-15-18-9-5-12-26-18)23-13-17-14-27-19(24-17)16-7-3-2-4-8-16/h2-4,7-8,14,18H,5-6,9-13,15H2,1H3,(H2,21,22,23). The van der Waals surface area contributed by atoms with Crippen molar-refractivity contribution >= 4 is 5.96 Å². The fraction of sp³-hybridized carbons (Fsp3) is 0.500. The summed E-state index contributed by atoms with van der Waals surface area (Å²) >= 11 is 0. The number of aromatic nitrogens is 1. The van der Waals surface area contributed by atoms with Gasteiger partial charge in [-0.2, -0.15) is 0 Å². The zero-order valence-corrected chi connectivity index (χ0v) is 15.8. The molecule has 2 N–H and O–H groups in total. The first-order chi connectivity index (χ1) is 13.3. The molecule has 1 fully saturated rings. The average Bonchev–Trinajstić information content (AvgIpc) is 3.39. The lowest BCUT2D eigenvalue weighted by Gasteiger charge is -2.12. The Morgan fingerprint density at radius 2 is 2.19 bits per heavy atom. The van der Waals surface area contributed by atoms with Gasteiger partial charge in [-0.15, -0.1) is 0 Å². The van der Waals surface area contributed by atoms with E-state index in [-0.39, 0.29) is 6.10 Å². The number of oxazole rings is 1. The van der Waals surface area contributed by atoms with Crippen molar-refractivity contribution in [3.8, 4) is 11.5 Å². The summed E-state index contributed by atoms with van der Waals surface area (Å²) in [5.74, 6) is 1.36. The summed E-state index contributed by atoms with van der Waals surface area (Å²) in [5, 5.41) is 6.52. The Balaban J connectivity index is 1.31. The molecule has 146 valence electrons. The van der Waals surface area contributed by atoms with Crippen LogP contribution in [0.15, 0.2) is 46.0 Å². The number of ether oxygens (including phenoxy) is 2. The highest BCUT2D eigenvalue weighted by molar-refractivity contribution is 5.79. The molecular weight excluding hydrogens is 344 g/mol. The van der Waals surface area contributed by atoms with E-state index in [0.29, 0.717) is 25.6 Å². The molecule has 0 aliphatic carbocycles. The molecule has 1 aliphatic heterocycles. The summed E-state index contributed by atoms with van der Waals surface area (Å²) in [6.07, 6.45) is 5.13. The first-order valence-electron chi connectivity index (χ1n) is 9.49. The minimum Gasteiger partial charge on any atom is -0.444 e. The van der Waals surface area contributed by atoms with Gasteiger partial charge in [-0.25, -0.2) is 4.98 Å². The molecule has 2 heterocycles. The number of hydrogen-bond donors (Lipinski definition) is 2. The van der Waals surface area contributed by atoms with Gasteiger partial charge in [-0.1, -0.05) is 18.2 Å². The first kappa shape index (κ1) is 19.4. The lowest BCUT2D eigenvalue weighted by molar-refractivity contribution is 0.0168. The van der Waals surface area contributed by atoms with Crippen LogP contribution in [0.2, 0.25) is 0 Å². The van der Waals surface area contributed by atoms with Crippen molar-refractivity contribution in [3.63, 3.8) is 0 Å². The van der Waals surface area contributed by atoms with Gasteiger partial charge < -0.3 is 24.5 Å². The first-order valence-corrected chi connectivity index (χ1v) is 9.49. The Morgan fingerprint density at radius 3 is 2.96 bits per heavy atom. The smallest absolute Gasteiger partial charge is 0.226 e. The molecule has 0 spiro atoms. The van der Waals surface area contributed by atoms with E-state index in [1.54, 1.807) is 13.3 Å². The second-order valence-corrected chi connectivity index (χ2v) is 6.43. The van der Waals surface area contributed by atoms with E-state index in [1.807, 2.05) is 30.3 Å². The van der Waals surface area contributed by atoms with Gasteiger partial charge in [0.15, 0.2) is 5.96 Å². The number of nitrogens with one attached hydrogen (secondary N) is 2. The van der Waals surface area contributed by atoms with Crippen molar-refractivity contribution in [3.05, 3.63) is 42.3 Å². The third kappa shape index (κ3) is 6.37. The lowest BCUT2D eigenvalue weighted by Crippen LogP contribution is -2.37. The van der Waals surface area contributed by atoms with E-state index < -0.39 is 0 Å². The summed E-state index contributed by atoms with van der Waals surface area (Å²) in [6, 6.07) is 9.86. The van der Waals surface area contributed by atoms with Gasteiger partial charge in [0.1, 0.15) is 6.26 Å². The number of guanidine groups is 1. The van der Waals surface area contributed by atoms with Crippen LogP contribution in [0.3, 0.4) is 0 Å². The summed E-state index contributed by atoms with van der Waals surface area (Å²) in [6.45, 7) is 3.62. The molecule has 0 bridgehead atoms. The van der Waals surface area contributed by atoms with Gasteiger partial charge in [0.2, 0.25) is 5.89 Å². The molecule has 1 aliphatic rings. The zero-order valence-electron chi connectivity index (χ0n) is 15.8. The molecule has 1 aromatic carbocycles. The SMILES string of the molecule is CN=C(NCCCOCC1CCCO1)NCc1coc(-c2ccccc2)n1. The van der Waals surface area contributed by atoms with Gasteiger partial charge in [-0.05, 0) is 31.4 Å². The van der Waals surface area contributed by atoms with Crippen molar-refractivity contribution in [2.75, 3.05) is 33.4 Å². The molecule has 0 amide bonds. The van der Waals surface area contributed by atoms with Gasteiger partial charge in [-0.3, -0.25) is 4.99 Å². The van der Waals surface area contributed by atoms with E-state index in [0.717, 1.165) is 49.6 Å². The summed E-state index contributed by atoms with van der Waals surface area (Å²) < 4.78 is 16.7. The molecule has 2 aromatic rings. The highest BCUT2D eigenvalue weighted by Gasteiger charge is 2.14. The number of aliphatic imine (C=N–C) groups is 1. The maximum atomic E-state index is 5.66. The lowest BCUT2D eigenvalue weighted by atomic mass is 10.2. The normalized spacial score (nSPS) is 17.2. The molecular formula is C20H28N4O3. The van der Waals surface area contributed by atoms with Crippen LogP contribution in [0.4, 0.5) is 0 Å². The largest absolute Gasteiger partial charge is 0.444 e. The van der Waals surface area contributed by atoms with E-state index in [2.05, 4.69) is 20.6 Å². The predicted molar refractivity (Wildman–Crippen MR) is 105 cm³/mol. The molecule has 0 saturated carbocycles. The second-order valence-electron chi connectivity index (χ2n) is 6.43. The Morgan fingerprint density at radius 1 is 1.30 bits per heavy atom. The Bertz CT molecular complexity index is 696. The van der Waals surface area contributed by atoms with Crippen LogP contribution in [0.25, 0.3) is 11.5 Å². The van der Waals surface area contributed by atoms with Crippen molar-refractivity contribution < 1.29 is 13.9 Å². The van der Waals surface area contributed by atoms with Gasteiger partial charge in [0.25, 0.3) is 0 Å². The summed E-state index contributed by atoms with van der Waals surface area (Å²) in [4.78, 5) is 8.73. The number of benzene rings is 1. The number of nitrogens with zero attached hydrogens (tertiary/aromatic N) is 2. The maximum Gasteiger partial charge on any atom is 0.226 e. The number of hydrogen-bond acceptors (Lipinski definition) is 5. The van der Waals surface area contributed by atoms with E-state index in [1.165, 1.54) is 0 Å². The van der Waals surface area contributed by atoms with Crippen LogP contribution in [-0.2, 0) is 16.0 Å². The Labute approximate surface area is 160 Å². The van der Waals surface area contributed by atoms with Crippen LogP contribution in [-0.4, -0.2) is 50.5 Å². The second kappa shape index (κ2) is 10.7. The predicted octanol–water partition coefficient (Wildman–Crippen LogP) is 2.59. The molecule has 3 rings (SSSR count). The van der Waals surface area contributed by atoms with Gasteiger partial charge in [0, 0.05) is 32.4 Å². The molecule has 1 aromatic heterocycles. The minimum absolute atomic E-state index is 0.288. The highest BCUT2D eigenvalue weighted by Crippen LogP contribution is 2.17. The summed E-state index contributed by atoms with van der Waals surface area (Å²) in [5.41, 5.74) is 1.80. The molecule has 1 atom stereocenters. The fourth-order valence-corrected chi connectivity index (χ4v) is 2.87. The third-order valence-corrected chi connectivity index (χ3v) is 4.32. The van der Waals surface area contributed by atoms with Crippen molar-refractivity contribution in [2.45, 2.75) is 31.9 Å². The molecule has 0 radical (unpaired) electrons. The van der Waals surface area contributed by atoms with Crippen molar-refractivity contribution in [1.82, 2.24) is 15.6 Å². The number of rotatable bonds is 9. The van der Waals surface area contributed by atoms with Crippen LogP contribution in [0.5, 0.6) is 0 Å². The third-order valence-electron chi connectivity index (χ3n) is 4.32.